The van der Waals surface area contributed by atoms with Crippen LogP contribution in [0.4, 0.5) is 0 Å². The van der Waals surface area contributed by atoms with Crippen molar-refractivity contribution in [1.82, 2.24) is 0 Å². The monoisotopic (exact) mass is 158 g/mol. The molecule has 2 aliphatic rings. The maximum absolute atomic E-state index is 5.57. The molecule has 0 spiro atoms. The minimum atomic E-state index is 0. The second kappa shape index (κ2) is 2.34. The molecule has 0 aromatic heterocycles. The minimum Gasteiger partial charge on any atom is -0.377 e. The van der Waals surface area contributed by atoms with Gasteiger partial charge in [0.05, 0.1) is 12.7 Å². The Kier molecular flexibility index (Phi) is 1.94. The maximum Gasteiger partial charge on any atom is 0.0607 e. The smallest absolute Gasteiger partial charge is 0.0607 e. The third-order valence-corrected chi connectivity index (χ3v) is 3.28. The fourth-order valence-electron chi connectivity index (χ4n) is 2.13. The molecular weight excluding hydrogens is 140 g/mol. The van der Waals surface area contributed by atoms with Gasteiger partial charge in [-0.25, -0.2) is 0 Å². The Morgan fingerprint density at radius 3 is 2.30 bits per heavy atom. The lowest BCUT2D eigenvalue weighted by molar-refractivity contribution is 0.0552. The number of fused-ring (bicyclic) bond motifs is 2. The van der Waals surface area contributed by atoms with Crippen molar-refractivity contribution in [1.29, 1.82) is 0 Å². The average molecular weight is 158 g/mol. The topological polar surface area (TPSA) is 9.23 Å². The van der Waals surface area contributed by atoms with Crippen LogP contribution in [0.15, 0.2) is 0 Å². The van der Waals surface area contributed by atoms with Gasteiger partial charge in [0, 0.05) is 0 Å². The first kappa shape index (κ1) is 8.28. The summed E-state index contributed by atoms with van der Waals surface area (Å²) in [7, 11) is 0. The van der Waals surface area contributed by atoms with Gasteiger partial charge in [-0.05, 0) is 35.1 Å². The van der Waals surface area contributed by atoms with E-state index in [-0.39, 0.29) is 11.0 Å². The zero-order valence-electron chi connectivity index (χ0n) is 6.18. The van der Waals surface area contributed by atoms with Gasteiger partial charge in [-0.2, -0.15) is 0 Å². The largest absolute Gasteiger partial charge is 0.377 e. The molecule has 1 nitrogen and oxygen atoms in total. The zero-order chi connectivity index (χ0) is 6.48. The van der Waals surface area contributed by atoms with Gasteiger partial charge in [-0.3, -0.25) is 0 Å². The minimum absolute atomic E-state index is 0. The Morgan fingerprint density at radius 1 is 1.50 bits per heavy atom. The highest BCUT2D eigenvalue weighted by Gasteiger charge is 2.48. The molecule has 0 amide bonds. The fourth-order valence-corrected chi connectivity index (χ4v) is 2.13. The molecule has 60 valence electrons. The summed E-state index contributed by atoms with van der Waals surface area (Å²) in [6.45, 7) is 5.69. The van der Waals surface area contributed by atoms with E-state index >= 15 is 0 Å². The van der Waals surface area contributed by atoms with Crippen molar-refractivity contribution < 1.29 is 4.74 Å². The Morgan fingerprint density at radius 2 is 2.20 bits per heavy atom. The van der Waals surface area contributed by atoms with Gasteiger partial charge in [0.25, 0.3) is 0 Å². The standard InChI is InChI=1S/C8H14O.H4Si/c1-6-7-3-4-8(6,2)5-9-7;/h6-7H,3-5H2,1-2H3;1H4. The molecule has 1 saturated heterocycles. The van der Waals surface area contributed by atoms with Crippen LogP contribution >= 0.6 is 0 Å². The summed E-state index contributed by atoms with van der Waals surface area (Å²) in [5.74, 6) is 0.817. The molecule has 10 heavy (non-hydrogen) atoms. The SMILES string of the molecule is CC1C2CCC1(C)CO2.[SiH4]. The summed E-state index contributed by atoms with van der Waals surface area (Å²) in [4.78, 5) is 0. The first-order valence-electron chi connectivity index (χ1n) is 3.84. The summed E-state index contributed by atoms with van der Waals surface area (Å²) < 4.78 is 5.57. The van der Waals surface area contributed by atoms with Crippen LogP contribution in [0.1, 0.15) is 26.7 Å². The van der Waals surface area contributed by atoms with Crippen molar-refractivity contribution >= 4 is 11.0 Å². The van der Waals surface area contributed by atoms with E-state index in [1.807, 2.05) is 0 Å². The molecule has 1 saturated carbocycles. The number of rotatable bonds is 0. The molecule has 2 bridgehead atoms. The highest BCUT2D eigenvalue weighted by atomic mass is 28.1. The van der Waals surface area contributed by atoms with Crippen LogP contribution < -0.4 is 0 Å². The normalized spacial score (nSPS) is 51.0. The predicted molar refractivity (Wildman–Crippen MR) is 47.6 cm³/mol. The third-order valence-electron chi connectivity index (χ3n) is 3.28. The van der Waals surface area contributed by atoms with Crippen molar-refractivity contribution in [2.75, 3.05) is 6.61 Å². The van der Waals surface area contributed by atoms with Crippen molar-refractivity contribution in [2.45, 2.75) is 32.8 Å². The van der Waals surface area contributed by atoms with Gasteiger partial charge in [0.1, 0.15) is 0 Å². The molecule has 0 aromatic carbocycles. The van der Waals surface area contributed by atoms with Gasteiger partial charge in [-0.15, -0.1) is 0 Å². The van der Waals surface area contributed by atoms with Crippen molar-refractivity contribution in [3.8, 4) is 0 Å². The predicted octanol–water partition coefficient (Wildman–Crippen LogP) is 0.370. The van der Waals surface area contributed by atoms with E-state index in [0.29, 0.717) is 11.5 Å². The van der Waals surface area contributed by atoms with Crippen molar-refractivity contribution in [3.63, 3.8) is 0 Å². The molecule has 1 aliphatic carbocycles. The van der Waals surface area contributed by atoms with Gasteiger partial charge in [0.2, 0.25) is 0 Å². The van der Waals surface area contributed by atoms with Crippen LogP contribution in [0, 0.1) is 11.3 Å². The van der Waals surface area contributed by atoms with E-state index in [4.69, 9.17) is 4.74 Å². The summed E-state index contributed by atoms with van der Waals surface area (Å²) in [6.07, 6.45) is 3.30. The Balaban J connectivity index is 0.000000500. The summed E-state index contributed by atoms with van der Waals surface area (Å²) in [5, 5.41) is 0. The third kappa shape index (κ3) is 0.856. The second-order valence-corrected chi connectivity index (χ2v) is 3.83. The lowest BCUT2D eigenvalue weighted by Crippen LogP contribution is -2.19. The van der Waals surface area contributed by atoms with Gasteiger partial charge in [0.15, 0.2) is 0 Å². The highest BCUT2D eigenvalue weighted by molar-refractivity contribution is 5.75. The van der Waals surface area contributed by atoms with Crippen LogP contribution in [-0.2, 0) is 4.74 Å². The van der Waals surface area contributed by atoms with E-state index in [9.17, 15) is 0 Å². The van der Waals surface area contributed by atoms with E-state index in [0.717, 1.165) is 12.5 Å². The van der Waals surface area contributed by atoms with Crippen molar-refractivity contribution in [3.05, 3.63) is 0 Å². The van der Waals surface area contributed by atoms with E-state index in [1.165, 1.54) is 12.8 Å². The molecular formula is C8H18OSi. The van der Waals surface area contributed by atoms with E-state index < -0.39 is 0 Å². The molecule has 2 heteroatoms. The first-order valence-corrected chi connectivity index (χ1v) is 3.84. The fraction of sp³-hybridized carbons (Fsp3) is 1.00. The van der Waals surface area contributed by atoms with E-state index in [1.54, 1.807) is 0 Å². The van der Waals surface area contributed by atoms with Crippen LogP contribution in [0.2, 0.25) is 0 Å². The lowest BCUT2D eigenvalue weighted by atomic mass is 9.83. The zero-order valence-corrected chi connectivity index (χ0v) is 6.18. The maximum atomic E-state index is 5.57. The molecule has 1 aliphatic heterocycles. The molecule has 0 radical (unpaired) electrons. The van der Waals surface area contributed by atoms with Crippen LogP contribution in [0.25, 0.3) is 0 Å². The number of hydrogen-bond donors (Lipinski definition) is 0. The molecule has 2 rings (SSSR count). The van der Waals surface area contributed by atoms with Crippen LogP contribution in [-0.4, -0.2) is 23.7 Å². The second-order valence-electron chi connectivity index (χ2n) is 3.83. The number of hydrogen-bond acceptors (Lipinski definition) is 1. The summed E-state index contributed by atoms with van der Waals surface area (Å²) in [5.41, 5.74) is 0.546. The van der Waals surface area contributed by atoms with Gasteiger partial charge >= 0.3 is 0 Å². The number of ether oxygens (including phenoxy) is 1. The highest BCUT2D eigenvalue weighted by Crippen LogP contribution is 2.49. The van der Waals surface area contributed by atoms with Gasteiger partial charge < -0.3 is 4.74 Å². The molecule has 3 atom stereocenters. The summed E-state index contributed by atoms with van der Waals surface area (Å²) in [6, 6.07) is 0. The molecule has 0 N–H and O–H groups in total. The lowest BCUT2D eigenvalue weighted by Gasteiger charge is -2.21. The van der Waals surface area contributed by atoms with E-state index in [2.05, 4.69) is 13.8 Å². The van der Waals surface area contributed by atoms with Gasteiger partial charge in [-0.1, -0.05) is 13.8 Å². The average Bonchev–Trinajstić information content (AvgIpc) is 2.24. The molecule has 1 heterocycles. The Bertz CT molecular complexity index is 127. The molecule has 3 unspecified atom stereocenters. The van der Waals surface area contributed by atoms with Crippen LogP contribution in [0.5, 0.6) is 0 Å². The van der Waals surface area contributed by atoms with Crippen LogP contribution in [0.3, 0.4) is 0 Å². The quantitative estimate of drug-likeness (QED) is 0.463. The molecule has 0 aromatic rings. The Hall–Kier alpha value is 0.177. The summed E-state index contributed by atoms with van der Waals surface area (Å²) >= 11 is 0. The van der Waals surface area contributed by atoms with Crippen molar-refractivity contribution in [2.24, 2.45) is 11.3 Å². The Labute approximate surface area is 67.2 Å². The first-order chi connectivity index (χ1) is 4.22. The molecule has 2 fully saturated rings.